The van der Waals surface area contributed by atoms with Crippen LogP contribution in [-0.4, -0.2) is 24.5 Å². The third-order valence-electron chi connectivity index (χ3n) is 1.65. The first-order chi connectivity index (χ1) is 6.61. The summed E-state index contributed by atoms with van der Waals surface area (Å²) < 4.78 is 0.957. The maximum absolute atomic E-state index is 6.90. The Hall–Kier alpha value is -1.03. The highest BCUT2D eigenvalue weighted by molar-refractivity contribution is 9.11. The first-order valence-electron chi connectivity index (χ1n) is 4.25. The first-order valence-corrected chi connectivity index (χ1v) is 5.04. The molecule has 0 saturated heterocycles. The predicted molar refractivity (Wildman–Crippen MR) is 65.5 cm³/mol. The van der Waals surface area contributed by atoms with Crippen LogP contribution in [0.2, 0.25) is 0 Å². The summed E-state index contributed by atoms with van der Waals surface area (Å²) in [6.07, 6.45) is 8.68. The highest BCUT2D eigenvalue weighted by atomic mass is 79.9. The van der Waals surface area contributed by atoms with Gasteiger partial charge in [0.1, 0.15) is 0 Å². The number of hydrogen-bond donors (Lipinski definition) is 2. The molecule has 14 heavy (non-hydrogen) atoms. The van der Waals surface area contributed by atoms with E-state index in [4.69, 9.17) is 5.41 Å². The first kappa shape index (κ1) is 13.0. The van der Waals surface area contributed by atoms with Gasteiger partial charge in [0.05, 0.1) is 12.5 Å². The van der Waals surface area contributed by atoms with Crippen LogP contribution in [0.1, 0.15) is 6.92 Å². The van der Waals surface area contributed by atoms with Crippen molar-refractivity contribution in [3.05, 3.63) is 35.5 Å². The van der Waals surface area contributed by atoms with E-state index < -0.39 is 0 Å². The number of nitrogens with zero attached hydrogens (tertiary/aromatic N) is 1. The summed E-state index contributed by atoms with van der Waals surface area (Å²) in [5.41, 5.74) is 0. The standard InChI is InChI=1S/C10H16BrN3/c1-4-5-6-10(11)7-14(3)9(2)13-8-12/h4-9H,1H2,2-3H3,(H2,12,13)/b6-5+,10-7+. The fraction of sp³-hybridized carbons (Fsp3) is 0.300. The number of hydrogen-bond acceptors (Lipinski definition) is 2. The Morgan fingerprint density at radius 2 is 2.29 bits per heavy atom. The molecule has 0 heterocycles. The minimum absolute atomic E-state index is 0.0946. The summed E-state index contributed by atoms with van der Waals surface area (Å²) in [7, 11) is 1.93. The third kappa shape index (κ3) is 5.59. The summed E-state index contributed by atoms with van der Waals surface area (Å²) in [4.78, 5) is 1.96. The molecule has 0 aromatic rings. The second-order valence-electron chi connectivity index (χ2n) is 2.76. The lowest BCUT2D eigenvalue weighted by Gasteiger charge is -2.22. The van der Waals surface area contributed by atoms with Crippen molar-refractivity contribution < 1.29 is 0 Å². The van der Waals surface area contributed by atoms with Gasteiger partial charge >= 0.3 is 0 Å². The molecule has 0 fully saturated rings. The van der Waals surface area contributed by atoms with E-state index in [-0.39, 0.29) is 6.17 Å². The zero-order valence-electron chi connectivity index (χ0n) is 8.50. The van der Waals surface area contributed by atoms with Gasteiger partial charge in [-0.15, -0.1) is 0 Å². The number of rotatable bonds is 6. The van der Waals surface area contributed by atoms with Gasteiger partial charge in [0, 0.05) is 17.7 Å². The van der Waals surface area contributed by atoms with E-state index >= 15 is 0 Å². The Labute approximate surface area is 93.8 Å². The molecule has 0 rings (SSSR count). The van der Waals surface area contributed by atoms with Crippen molar-refractivity contribution in [2.24, 2.45) is 0 Å². The van der Waals surface area contributed by atoms with Crippen LogP contribution in [0.15, 0.2) is 35.5 Å². The Balaban J connectivity index is 4.25. The van der Waals surface area contributed by atoms with Crippen molar-refractivity contribution in [2.75, 3.05) is 7.05 Å². The molecule has 0 aliphatic carbocycles. The van der Waals surface area contributed by atoms with Crippen LogP contribution in [-0.2, 0) is 0 Å². The van der Waals surface area contributed by atoms with Crippen LogP contribution in [0.25, 0.3) is 0 Å². The Morgan fingerprint density at radius 3 is 2.79 bits per heavy atom. The lowest BCUT2D eigenvalue weighted by atomic mass is 10.4. The van der Waals surface area contributed by atoms with Gasteiger partial charge in [0.25, 0.3) is 0 Å². The molecular weight excluding hydrogens is 242 g/mol. The van der Waals surface area contributed by atoms with Gasteiger partial charge in [-0.25, -0.2) is 0 Å². The van der Waals surface area contributed by atoms with Gasteiger partial charge in [-0.05, 0) is 28.9 Å². The van der Waals surface area contributed by atoms with E-state index in [1.165, 1.54) is 6.34 Å². The summed E-state index contributed by atoms with van der Waals surface area (Å²) in [6.45, 7) is 5.56. The molecule has 78 valence electrons. The van der Waals surface area contributed by atoms with Crippen molar-refractivity contribution in [1.29, 1.82) is 5.41 Å². The predicted octanol–water partition coefficient (Wildman–Crippen LogP) is 2.44. The van der Waals surface area contributed by atoms with Crippen molar-refractivity contribution in [2.45, 2.75) is 13.1 Å². The van der Waals surface area contributed by atoms with Crippen LogP contribution >= 0.6 is 15.9 Å². The third-order valence-corrected chi connectivity index (χ3v) is 2.12. The van der Waals surface area contributed by atoms with E-state index in [1.807, 2.05) is 37.2 Å². The Kier molecular flexibility index (Phi) is 6.84. The molecule has 3 nitrogen and oxygen atoms in total. The van der Waals surface area contributed by atoms with Crippen LogP contribution in [0, 0.1) is 5.41 Å². The van der Waals surface area contributed by atoms with Gasteiger partial charge in [-0.3, -0.25) is 5.41 Å². The summed E-state index contributed by atoms with van der Waals surface area (Å²) in [5.74, 6) is 0. The molecule has 0 bridgehead atoms. The molecule has 0 aliphatic rings. The second-order valence-corrected chi connectivity index (χ2v) is 3.68. The smallest absolute Gasteiger partial charge is 0.0960 e. The molecular formula is C10H16BrN3. The molecule has 2 N–H and O–H groups in total. The van der Waals surface area contributed by atoms with Crippen LogP contribution in [0.5, 0.6) is 0 Å². The number of halogens is 1. The van der Waals surface area contributed by atoms with Crippen molar-refractivity contribution in [3.63, 3.8) is 0 Å². The SMILES string of the molecule is C=C/C=C/C(Br)=C\N(C)C(C)NC=N. The van der Waals surface area contributed by atoms with E-state index in [9.17, 15) is 0 Å². The number of allylic oxidation sites excluding steroid dienone is 4. The molecule has 0 spiro atoms. The maximum atomic E-state index is 6.90. The fourth-order valence-corrected chi connectivity index (χ4v) is 1.22. The van der Waals surface area contributed by atoms with Crippen molar-refractivity contribution in [3.8, 4) is 0 Å². The van der Waals surface area contributed by atoms with Gasteiger partial charge in [-0.2, -0.15) is 0 Å². The van der Waals surface area contributed by atoms with E-state index in [0.29, 0.717) is 0 Å². The fourth-order valence-electron chi connectivity index (χ4n) is 0.748. The van der Waals surface area contributed by atoms with Crippen LogP contribution < -0.4 is 5.32 Å². The topological polar surface area (TPSA) is 39.1 Å². The minimum atomic E-state index is 0.0946. The van der Waals surface area contributed by atoms with Crippen LogP contribution in [0.4, 0.5) is 0 Å². The molecule has 0 amide bonds. The molecule has 1 unspecified atom stereocenters. The summed E-state index contributed by atoms with van der Waals surface area (Å²) in [5, 5.41) is 9.76. The molecule has 0 aromatic carbocycles. The zero-order valence-corrected chi connectivity index (χ0v) is 10.1. The molecule has 0 radical (unpaired) electrons. The molecule has 0 aliphatic heterocycles. The van der Waals surface area contributed by atoms with Crippen LogP contribution in [0.3, 0.4) is 0 Å². The summed E-state index contributed by atoms with van der Waals surface area (Å²) in [6, 6.07) is 0. The highest BCUT2D eigenvalue weighted by Gasteiger charge is 2.01. The average molecular weight is 258 g/mol. The molecule has 1 atom stereocenters. The highest BCUT2D eigenvalue weighted by Crippen LogP contribution is 2.08. The zero-order chi connectivity index (χ0) is 11.0. The van der Waals surface area contributed by atoms with Crippen molar-refractivity contribution in [1.82, 2.24) is 10.2 Å². The Morgan fingerprint density at radius 1 is 1.64 bits per heavy atom. The maximum Gasteiger partial charge on any atom is 0.0960 e. The molecule has 0 aromatic heterocycles. The monoisotopic (exact) mass is 257 g/mol. The number of nitrogens with one attached hydrogen (secondary N) is 2. The normalized spacial score (nSPS) is 13.8. The van der Waals surface area contributed by atoms with Gasteiger partial charge in [0.15, 0.2) is 0 Å². The lowest BCUT2D eigenvalue weighted by molar-refractivity contribution is 0.334. The second kappa shape index (κ2) is 7.38. The van der Waals surface area contributed by atoms with Gasteiger partial charge in [0.2, 0.25) is 0 Å². The summed E-state index contributed by atoms with van der Waals surface area (Å²) >= 11 is 3.40. The molecule has 4 heteroatoms. The van der Waals surface area contributed by atoms with E-state index in [1.54, 1.807) is 6.08 Å². The Bertz CT molecular complexity index is 246. The van der Waals surface area contributed by atoms with Gasteiger partial charge in [-0.1, -0.05) is 18.7 Å². The average Bonchev–Trinajstić information content (AvgIpc) is 2.15. The van der Waals surface area contributed by atoms with Gasteiger partial charge < -0.3 is 10.2 Å². The largest absolute Gasteiger partial charge is 0.360 e. The van der Waals surface area contributed by atoms with E-state index in [2.05, 4.69) is 27.8 Å². The minimum Gasteiger partial charge on any atom is -0.360 e. The molecule has 0 saturated carbocycles. The lowest BCUT2D eigenvalue weighted by Crippen LogP contribution is -2.37. The van der Waals surface area contributed by atoms with Crippen molar-refractivity contribution >= 4 is 22.3 Å². The van der Waals surface area contributed by atoms with E-state index in [0.717, 1.165) is 4.48 Å². The quantitative estimate of drug-likeness (QED) is 0.332.